The molecule has 2 saturated heterocycles. The third-order valence-electron chi connectivity index (χ3n) is 7.21. The highest BCUT2D eigenvalue weighted by Crippen LogP contribution is 2.36. The van der Waals surface area contributed by atoms with E-state index in [0.717, 1.165) is 11.1 Å². The van der Waals surface area contributed by atoms with Gasteiger partial charge in [-0.25, -0.2) is 17.6 Å². The van der Waals surface area contributed by atoms with Gasteiger partial charge in [0.25, 0.3) is 0 Å². The Bertz CT molecular complexity index is 1340. The van der Waals surface area contributed by atoms with Gasteiger partial charge in [-0.15, -0.1) is 0 Å². The molecule has 2 aromatic rings. The average Bonchev–Trinajstić information content (AvgIpc) is 3.28. The van der Waals surface area contributed by atoms with E-state index in [1.807, 2.05) is 30.1 Å². The van der Waals surface area contributed by atoms with E-state index in [4.69, 9.17) is 28.5 Å². The van der Waals surface area contributed by atoms with E-state index in [0.29, 0.717) is 49.3 Å². The summed E-state index contributed by atoms with van der Waals surface area (Å²) in [6, 6.07) is 11.9. The van der Waals surface area contributed by atoms with Gasteiger partial charge in [-0.05, 0) is 48.4 Å². The van der Waals surface area contributed by atoms with E-state index in [1.54, 1.807) is 17.0 Å². The van der Waals surface area contributed by atoms with E-state index >= 15 is 0 Å². The number of benzene rings is 2. The number of sulfonamides is 1. The number of hydrogen-bond donors (Lipinski definition) is 0. The highest BCUT2D eigenvalue weighted by Gasteiger charge is 2.39. The molecule has 1 unspecified atom stereocenters. The molecule has 12 heteroatoms. The first-order chi connectivity index (χ1) is 18.0. The lowest BCUT2D eigenvalue weighted by atomic mass is 9.88. The van der Waals surface area contributed by atoms with Crippen LogP contribution < -0.4 is 0 Å². The molecule has 0 aromatic heterocycles. The molecule has 4 rings (SSSR count). The monoisotopic (exact) mass is 581 g/mol. The Morgan fingerprint density at radius 2 is 1.79 bits per heavy atom. The number of hydrogen-bond acceptors (Lipinski definition) is 5. The zero-order valence-corrected chi connectivity index (χ0v) is 23.6. The molecule has 0 aliphatic carbocycles. The lowest BCUT2D eigenvalue weighted by Gasteiger charge is -2.35. The predicted molar refractivity (Wildman–Crippen MR) is 145 cm³/mol. The molecule has 38 heavy (non-hydrogen) atoms. The van der Waals surface area contributed by atoms with E-state index in [2.05, 4.69) is 4.90 Å². The van der Waals surface area contributed by atoms with Crippen molar-refractivity contribution in [1.29, 1.82) is 5.26 Å². The van der Waals surface area contributed by atoms with Crippen molar-refractivity contribution in [1.82, 2.24) is 19.0 Å². The zero-order valence-electron chi connectivity index (χ0n) is 21.3. The van der Waals surface area contributed by atoms with Gasteiger partial charge in [-0.2, -0.15) is 9.57 Å². The molecule has 0 saturated carbocycles. The Morgan fingerprint density at radius 3 is 2.39 bits per heavy atom. The fourth-order valence-corrected chi connectivity index (χ4v) is 6.40. The Labute approximate surface area is 233 Å². The smallest absolute Gasteiger partial charge is 0.320 e. The maximum atomic E-state index is 14.1. The van der Waals surface area contributed by atoms with Crippen molar-refractivity contribution in [2.75, 3.05) is 59.1 Å². The fraction of sp³-hybridized carbons (Fsp3) is 0.462. The summed E-state index contributed by atoms with van der Waals surface area (Å²) in [5.41, 5.74) is 1.75. The van der Waals surface area contributed by atoms with Gasteiger partial charge in [0.2, 0.25) is 10.0 Å². The van der Waals surface area contributed by atoms with Crippen molar-refractivity contribution < 1.29 is 17.6 Å². The minimum absolute atomic E-state index is 0.00572. The molecule has 8 nitrogen and oxygen atoms in total. The van der Waals surface area contributed by atoms with Crippen molar-refractivity contribution in [3.63, 3.8) is 0 Å². The predicted octanol–water partition coefficient (Wildman–Crippen LogP) is 3.85. The Morgan fingerprint density at radius 1 is 1.08 bits per heavy atom. The number of nitrogens with zero attached hydrogens (tertiary/aromatic N) is 5. The molecular weight excluding hydrogens is 552 g/mol. The quantitative estimate of drug-likeness (QED) is 0.517. The molecule has 204 valence electrons. The maximum absolute atomic E-state index is 14.1. The number of carbonyl (C=O) groups is 1. The number of rotatable bonds is 6. The average molecular weight is 583 g/mol. The highest BCUT2D eigenvalue weighted by atomic mass is 35.5. The van der Waals surface area contributed by atoms with Gasteiger partial charge in [0.15, 0.2) is 0 Å². The Balaban J connectivity index is 1.48. The number of likely N-dealkylation sites (tertiary alicyclic amines) is 1. The van der Waals surface area contributed by atoms with Gasteiger partial charge < -0.3 is 14.7 Å². The number of urea groups is 1. The van der Waals surface area contributed by atoms with Gasteiger partial charge in [0, 0.05) is 58.3 Å². The van der Waals surface area contributed by atoms with Crippen molar-refractivity contribution in [3.8, 4) is 6.07 Å². The molecule has 0 radical (unpaired) electrons. The summed E-state index contributed by atoms with van der Waals surface area (Å²) in [7, 11) is -1.35. The van der Waals surface area contributed by atoms with Crippen LogP contribution in [0.2, 0.25) is 10.0 Å². The lowest BCUT2D eigenvalue weighted by molar-refractivity contribution is 0.140. The number of piperazine rings is 1. The fourth-order valence-electron chi connectivity index (χ4n) is 5.27. The van der Waals surface area contributed by atoms with Crippen molar-refractivity contribution in [3.05, 3.63) is 69.0 Å². The number of nitriles is 1. The molecule has 2 atom stereocenters. The molecule has 2 aliphatic rings. The number of amides is 2. The minimum Gasteiger partial charge on any atom is -0.324 e. The standard InChI is InChI=1S/C26H30Cl2FN5O3S/c1-31(14-18-3-4-20(13-30)25(29)11-18)15-21-16-33(17-22(21)19-5-6-23(27)24(28)12-19)26(35)32-7-9-34(10-8-32)38(2,36)37/h3-6,11-12,21-22H,7-10,14-17H2,1-2H3/t21?,22-/m1/s1. The van der Waals surface area contributed by atoms with Crippen LogP contribution in [0.15, 0.2) is 36.4 Å². The third-order valence-corrected chi connectivity index (χ3v) is 9.26. The van der Waals surface area contributed by atoms with Crippen LogP contribution in [0.3, 0.4) is 0 Å². The molecule has 2 fully saturated rings. The molecule has 0 bridgehead atoms. The van der Waals surface area contributed by atoms with Gasteiger partial charge in [0.05, 0.1) is 21.9 Å². The SMILES string of the molecule is CN(Cc1ccc(C#N)c(F)c1)CC1CN(C(=O)N2CCN(S(C)(=O)=O)CC2)C[C@@H]1c1ccc(Cl)c(Cl)c1. The van der Waals surface area contributed by atoms with E-state index in [-0.39, 0.29) is 36.5 Å². The second-order valence-corrected chi connectivity index (χ2v) is 12.8. The molecule has 2 aliphatic heterocycles. The van der Waals surface area contributed by atoms with Crippen LogP contribution in [0.1, 0.15) is 22.6 Å². The highest BCUT2D eigenvalue weighted by molar-refractivity contribution is 7.88. The van der Waals surface area contributed by atoms with Crippen molar-refractivity contribution >= 4 is 39.3 Å². The van der Waals surface area contributed by atoms with Crippen LogP contribution >= 0.6 is 23.2 Å². The molecule has 2 amide bonds. The molecule has 2 aromatic carbocycles. The topological polar surface area (TPSA) is 88.0 Å². The first-order valence-electron chi connectivity index (χ1n) is 12.3. The zero-order chi connectivity index (χ0) is 27.6. The molecule has 0 spiro atoms. The Hall–Kier alpha value is -2.42. The van der Waals surface area contributed by atoms with Crippen LogP contribution in [0.25, 0.3) is 0 Å². The summed E-state index contributed by atoms with van der Waals surface area (Å²) < 4.78 is 39.2. The second kappa shape index (κ2) is 11.8. The van der Waals surface area contributed by atoms with Crippen LogP contribution in [-0.4, -0.2) is 92.6 Å². The second-order valence-electron chi connectivity index (χ2n) is 10.00. The largest absolute Gasteiger partial charge is 0.324 e. The summed E-state index contributed by atoms with van der Waals surface area (Å²) in [5, 5.41) is 9.89. The van der Waals surface area contributed by atoms with Crippen LogP contribution in [-0.2, 0) is 16.6 Å². The van der Waals surface area contributed by atoms with Gasteiger partial charge in [-0.3, -0.25) is 0 Å². The molecule has 2 heterocycles. The van der Waals surface area contributed by atoms with Gasteiger partial charge in [0.1, 0.15) is 11.9 Å². The maximum Gasteiger partial charge on any atom is 0.320 e. The summed E-state index contributed by atoms with van der Waals surface area (Å²) in [4.78, 5) is 19.0. The van der Waals surface area contributed by atoms with Gasteiger partial charge >= 0.3 is 6.03 Å². The van der Waals surface area contributed by atoms with Crippen molar-refractivity contribution in [2.45, 2.75) is 12.5 Å². The first kappa shape index (κ1) is 28.6. The minimum atomic E-state index is -3.29. The van der Waals surface area contributed by atoms with E-state index < -0.39 is 15.8 Å². The van der Waals surface area contributed by atoms with E-state index in [1.165, 1.54) is 22.7 Å². The summed E-state index contributed by atoms with van der Waals surface area (Å²) in [6.07, 6.45) is 1.18. The number of halogens is 3. The Kier molecular flexibility index (Phi) is 8.85. The van der Waals surface area contributed by atoms with Gasteiger partial charge in [-0.1, -0.05) is 35.3 Å². The normalized spacial score (nSPS) is 20.7. The van der Waals surface area contributed by atoms with Crippen LogP contribution in [0.4, 0.5) is 9.18 Å². The molecular formula is C26H30Cl2FN5O3S. The summed E-state index contributed by atoms with van der Waals surface area (Å²) in [6.45, 7) is 3.37. The summed E-state index contributed by atoms with van der Waals surface area (Å²) in [5.74, 6) is -0.464. The van der Waals surface area contributed by atoms with Crippen LogP contribution in [0, 0.1) is 23.1 Å². The van der Waals surface area contributed by atoms with Crippen molar-refractivity contribution in [2.24, 2.45) is 5.92 Å². The lowest BCUT2D eigenvalue weighted by Crippen LogP contribution is -2.53. The summed E-state index contributed by atoms with van der Waals surface area (Å²) >= 11 is 12.5. The first-order valence-corrected chi connectivity index (χ1v) is 14.9. The number of carbonyl (C=O) groups excluding carboxylic acids is 1. The molecule has 0 N–H and O–H groups in total. The van der Waals surface area contributed by atoms with E-state index in [9.17, 15) is 17.6 Å². The van der Waals surface area contributed by atoms with Crippen LogP contribution in [0.5, 0.6) is 0 Å². The third kappa shape index (κ3) is 6.58.